The Morgan fingerprint density at radius 1 is 0.692 bits per heavy atom. The number of carbonyl (C=O) groups is 2. The van der Waals surface area contributed by atoms with E-state index < -0.39 is 0 Å². The summed E-state index contributed by atoms with van der Waals surface area (Å²) < 4.78 is 10.3. The Labute approximate surface area is 155 Å². The number of benzene rings is 2. The monoisotopic (exact) mass is 354 g/mol. The van der Waals surface area contributed by atoms with Crippen LogP contribution >= 0.6 is 0 Å². The second-order valence-corrected chi connectivity index (χ2v) is 6.22. The van der Waals surface area contributed by atoms with Gasteiger partial charge in [-0.2, -0.15) is 0 Å². The SMILES string of the molecule is COc1cccc(C(=O)CCCCCCC(=O)c2cccc(OC)c2)c1. The smallest absolute Gasteiger partial charge is 0.163 e. The summed E-state index contributed by atoms with van der Waals surface area (Å²) in [7, 11) is 3.19. The van der Waals surface area contributed by atoms with Crippen LogP contribution in [-0.4, -0.2) is 25.8 Å². The van der Waals surface area contributed by atoms with Gasteiger partial charge in [0.25, 0.3) is 0 Å². The molecule has 0 atom stereocenters. The zero-order chi connectivity index (χ0) is 18.8. The fourth-order valence-corrected chi connectivity index (χ4v) is 2.81. The summed E-state index contributed by atoms with van der Waals surface area (Å²) in [5, 5.41) is 0. The van der Waals surface area contributed by atoms with Gasteiger partial charge in [0.1, 0.15) is 11.5 Å². The number of carbonyl (C=O) groups excluding carboxylic acids is 2. The molecule has 0 unspecified atom stereocenters. The predicted octanol–water partition coefficient (Wildman–Crippen LogP) is 5.11. The Morgan fingerprint density at radius 3 is 1.50 bits per heavy atom. The molecular weight excluding hydrogens is 328 g/mol. The van der Waals surface area contributed by atoms with Crippen LogP contribution in [0.1, 0.15) is 59.2 Å². The number of unbranched alkanes of at least 4 members (excludes halogenated alkanes) is 3. The molecule has 2 aromatic rings. The Kier molecular flexibility index (Phi) is 7.87. The maximum Gasteiger partial charge on any atom is 0.163 e. The number of hydrogen-bond donors (Lipinski definition) is 0. The fraction of sp³-hybridized carbons (Fsp3) is 0.364. The summed E-state index contributed by atoms with van der Waals surface area (Å²) in [6.07, 6.45) is 4.61. The van der Waals surface area contributed by atoms with Crippen LogP contribution in [0.15, 0.2) is 48.5 Å². The molecule has 0 aliphatic rings. The number of rotatable bonds is 11. The molecule has 0 heterocycles. The molecule has 0 radical (unpaired) electrons. The van der Waals surface area contributed by atoms with Crippen molar-refractivity contribution in [3.63, 3.8) is 0 Å². The highest BCUT2D eigenvalue weighted by molar-refractivity contribution is 5.96. The van der Waals surface area contributed by atoms with Gasteiger partial charge in [-0.15, -0.1) is 0 Å². The van der Waals surface area contributed by atoms with Crippen LogP contribution in [0.3, 0.4) is 0 Å². The molecule has 4 nitrogen and oxygen atoms in total. The van der Waals surface area contributed by atoms with Gasteiger partial charge in [-0.05, 0) is 37.1 Å². The van der Waals surface area contributed by atoms with Gasteiger partial charge >= 0.3 is 0 Å². The third kappa shape index (κ3) is 6.03. The molecule has 0 bridgehead atoms. The van der Waals surface area contributed by atoms with Crippen molar-refractivity contribution in [3.8, 4) is 11.5 Å². The molecule has 26 heavy (non-hydrogen) atoms. The van der Waals surface area contributed by atoms with E-state index in [2.05, 4.69) is 0 Å². The van der Waals surface area contributed by atoms with Crippen LogP contribution in [0.2, 0.25) is 0 Å². The molecule has 0 saturated carbocycles. The highest BCUT2D eigenvalue weighted by Crippen LogP contribution is 2.17. The minimum atomic E-state index is 0.136. The van der Waals surface area contributed by atoms with E-state index in [0.717, 1.165) is 25.7 Å². The van der Waals surface area contributed by atoms with Gasteiger partial charge in [-0.3, -0.25) is 9.59 Å². The zero-order valence-electron chi connectivity index (χ0n) is 15.5. The Morgan fingerprint density at radius 2 is 1.12 bits per heavy atom. The molecule has 0 fully saturated rings. The molecule has 0 aliphatic heterocycles. The van der Waals surface area contributed by atoms with Gasteiger partial charge in [0.15, 0.2) is 11.6 Å². The van der Waals surface area contributed by atoms with E-state index in [1.807, 2.05) is 36.4 Å². The number of methoxy groups -OCH3 is 2. The standard InChI is InChI=1S/C22H26O4/c1-25-19-11-7-9-17(15-19)21(23)13-5-3-4-6-14-22(24)18-10-8-12-20(16-18)26-2/h7-12,15-16H,3-6,13-14H2,1-2H3. The summed E-state index contributed by atoms with van der Waals surface area (Å²) in [6, 6.07) is 14.5. The van der Waals surface area contributed by atoms with Crippen LogP contribution < -0.4 is 9.47 Å². The molecule has 2 rings (SSSR count). The van der Waals surface area contributed by atoms with Gasteiger partial charge in [0.05, 0.1) is 14.2 Å². The minimum absolute atomic E-state index is 0.136. The highest BCUT2D eigenvalue weighted by atomic mass is 16.5. The van der Waals surface area contributed by atoms with Crippen molar-refractivity contribution in [1.82, 2.24) is 0 Å². The summed E-state index contributed by atoms with van der Waals surface area (Å²) in [5.41, 5.74) is 1.38. The van der Waals surface area contributed by atoms with Crippen molar-refractivity contribution in [1.29, 1.82) is 0 Å². The first-order chi connectivity index (χ1) is 12.6. The first kappa shape index (κ1) is 19.7. The van der Waals surface area contributed by atoms with Crippen molar-refractivity contribution in [2.24, 2.45) is 0 Å². The quantitative estimate of drug-likeness (QED) is 0.416. The first-order valence-corrected chi connectivity index (χ1v) is 8.98. The molecule has 0 saturated heterocycles. The Hall–Kier alpha value is -2.62. The van der Waals surface area contributed by atoms with Gasteiger partial charge in [0.2, 0.25) is 0 Å². The van der Waals surface area contributed by atoms with Gasteiger partial charge in [-0.25, -0.2) is 0 Å². The van der Waals surface area contributed by atoms with Crippen molar-refractivity contribution in [2.75, 3.05) is 14.2 Å². The van der Waals surface area contributed by atoms with Crippen LogP contribution in [0.5, 0.6) is 11.5 Å². The van der Waals surface area contributed by atoms with Crippen LogP contribution in [0.4, 0.5) is 0 Å². The summed E-state index contributed by atoms with van der Waals surface area (Å²) in [6.45, 7) is 0. The average molecular weight is 354 g/mol. The van der Waals surface area contributed by atoms with E-state index in [9.17, 15) is 9.59 Å². The lowest BCUT2D eigenvalue weighted by molar-refractivity contribution is 0.0966. The Balaban J connectivity index is 1.65. The van der Waals surface area contributed by atoms with Crippen molar-refractivity contribution >= 4 is 11.6 Å². The molecule has 0 N–H and O–H groups in total. The van der Waals surface area contributed by atoms with Crippen molar-refractivity contribution in [3.05, 3.63) is 59.7 Å². The third-order valence-electron chi connectivity index (χ3n) is 4.34. The van der Waals surface area contributed by atoms with E-state index in [0.29, 0.717) is 35.5 Å². The maximum atomic E-state index is 12.2. The number of ketones is 2. The van der Waals surface area contributed by atoms with Crippen LogP contribution in [0.25, 0.3) is 0 Å². The molecule has 138 valence electrons. The second kappa shape index (κ2) is 10.4. The summed E-state index contributed by atoms with van der Waals surface area (Å²) in [5.74, 6) is 1.67. The van der Waals surface area contributed by atoms with Gasteiger partial charge in [0, 0.05) is 24.0 Å². The van der Waals surface area contributed by atoms with E-state index >= 15 is 0 Å². The molecule has 0 aromatic heterocycles. The van der Waals surface area contributed by atoms with Gasteiger partial charge in [-0.1, -0.05) is 37.1 Å². The average Bonchev–Trinajstić information content (AvgIpc) is 2.70. The molecule has 2 aromatic carbocycles. The number of hydrogen-bond acceptors (Lipinski definition) is 4. The van der Waals surface area contributed by atoms with E-state index in [-0.39, 0.29) is 11.6 Å². The topological polar surface area (TPSA) is 52.6 Å². The second-order valence-electron chi connectivity index (χ2n) is 6.22. The zero-order valence-corrected chi connectivity index (χ0v) is 15.5. The lowest BCUT2D eigenvalue weighted by atomic mass is 10.0. The van der Waals surface area contributed by atoms with E-state index in [4.69, 9.17) is 9.47 Å². The van der Waals surface area contributed by atoms with Crippen molar-refractivity contribution in [2.45, 2.75) is 38.5 Å². The van der Waals surface area contributed by atoms with E-state index in [1.54, 1.807) is 26.4 Å². The summed E-state index contributed by atoms with van der Waals surface area (Å²) in [4.78, 5) is 24.4. The van der Waals surface area contributed by atoms with Gasteiger partial charge < -0.3 is 9.47 Å². The lowest BCUT2D eigenvalue weighted by Crippen LogP contribution is -2.00. The lowest BCUT2D eigenvalue weighted by Gasteiger charge is -2.05. The first-order valence-electron chi connectivity index (χ1n) is 8.98. The highest BCUT2D eigenvalue weighted by Gasteiger charge is 2.08. The third-order valence-corrected chi connectivity index (χ3v) is 4.34. The molecule has 0 spiro atoms. The molecule has 0 amide bonds. The number of ether oxygens (including phenoxy) is 2. The predicted molar refractivity (Wildman–Crippen MR) is 102 cm³/mol. The largest absolute Gasteiger partial charge is 0.497 e. The fourth-order valence-electron chi connectivity index (χ4n) is 2.81. The normalized spacial score (nSPS) is 10.4. The number of Topliss-reactive ketones (excluding diaryl/α,β-unsaturated/α-hetero) is 2. The maximum absolute atomic E-state index is 12.2. The minimum Gasteiger partial charge on any atom is -0.497 e. The van der Waals surface area contributed by atoms with Crippen LogP contribution in [-0.2, 0) is 0 Å². The summed E-state index contributed by atoms with van der Waals surface area (Å²) >= 11 is 0. The Bertz CT molecular complexity index is 673. The molecular formula is C22H26O4. The molecule has 0 aliphatic carbocycles. The van der Waals surface area contributed by atoms with E-state index in [1.165, 1.54) is 0 Å². The molecule has 4 heteroatoms. The van der Waals surface area contributed by atoms with Crippen LogP contribution in [0, 0.1) is 0 Å². The van der Waals surface area contributed by atoms with Crippen molar-refractivity contribution < 1.29 is 19.1 Å².